The summed E-state index contributed by atoms with van der Waals surface area (Å²) < 4.78 is 53.6. The van der Waals surface area contributed by atoms with E-state index in [2.05, 4.69) is 4.98 Å². The molecule has 2 heterocycles. The van der Waals surface area contributed by atoms with Crippen LogP contribution in [-0.4, -0.2) is 53.5 Å². The lowest BCUT2D eigenvalue weighted by atomic mass is 10.1. The average molecular weight is 486 g/mol. The van der Waals surface area contributed by atoms with Crippen molar-refractivity contribution < 1.29 is 27.4 Å². The number of hydrogen-bond acceptors (Lipinski definition) is 5. The Kier molecular flexibility index (Phi) is 7.99. The molecule has 1 unspecified atom stereocenters. The summed E-state index contributed by atoms with van der Waals surface area (Å²) in [6.45, 7) is 0.782. The molecule has 0 spiro atoms. The van der Waals surface area contributed by atoms with E-state index >= 15 is 0 Å². The van der Waals surface area contributed by atoms with E-state index in [1.54, 1.807) is 35.4 Å². The highest BCUT2D eigenvalue weighted by Crippen LogP contribution is 2.21. The second kappa shape index (κ2) is 11.3. The van der Waals surface area contributed by atoms with Gasteiger partial charge in [0, 0.05) is 44.1 Å². The maximum absolute atomic E-state index is 14.3. The fraction of sp³-hybridized carbons (Fsp3) is 0.308. The van der Waals surface area contributed by atoms with Gasteiger partial charge in [-0.05, 0) is 41.5 Å². The third kappa shape index (κ3) is 6.37. The standard InChI is InChI=1S/C26H26F3N3O3/c1-34-20-6-4-18(5-7-20)12-32-14-21(35-17-19-3-2-10-30-11-19)13-31(16-25(32)33)15-22-23(27)8-9-24(28)26(22)29/h2-11,21H,12-17H2,1H3. The van der Waals surface area contributed by atoms with Gasteiger partial charge in [0.05, 0.1) is 26.4 Å². The molecule has 35 heavy (non-hydrogen) atoms. The van der Waals surface area contributed by atoms with Gasteiger partial charge >= 0.3 is 0 Å². The number of pyridine rings is 1. The summed E-state index contributed by atoms with van der Waals surface area (Å²) in [5, 5.41) is 0. The van der Waals surface area contributed by atoms with Crippen molar-refractivity contribution in [1.82, 2.24) is 14.8 Å². The SMILES string of the molecule is COc1ccc(CN2CC(OCc3cccnc3)CN(Cc3c(F)ccc(F)c3F)CC2=O)cc1. The van der Waals surface area contributed by atoms with Crippen molar-refractivity contribution in [3.63, 3.8) is 0 Å². The summed E-state index contributed by atoms with van der Waals surface area (Å²) in [5.74, 6) is -2.74. The highest BCUT2D eigenvalue weighted by Gasteiger charge is 2.30. The first-order chi connectivity index (χ1) is 16.9. The van der Waals surface area contributed by atoms with Crippen LogP contribution in [0, 0.1) is 17.5 Å². The van der Waals surface area contributed by atoms with Crippen molar-refractivity contribution in [2.24, 2.45) is 0 Å². The maximum atomic E-state index is 14.3. The normalized spacial score (nSPS) is 16.9. The smallest absolute Gasteiger partial charge is 0.237 e. The van der Waals surface area contributed by atoms with Gasteiger partial charge in [0.15, 0.2) is 11.6 Å². The van der Waals surface area contributed by atoms with E-state index in [9.17, 15) is 18.0 Å². The van der Waals surface area contributed by atoms with Crippen molar-refractivity contribution in [3.05, 3.63) is 95.1 Å². The molecule has 1 aliphatic heterocycles. The first kappa shape index (κ1) is 24.7. The quantitative estimate of drug-likeness (QED) is 0.453. The number of methoxy groups -OCH3 is 1. The summed E-state index contributed by atoms with van der Waals surface area (Å²) >= 11 is 0. The number of carbonyl (C=O) groups excluding carboxylic acids is 1. The van der Waals surface area contributed by atoms with Crippen LogP contribution in [0.5, 0.6) is 5.75 Å². The summed E-state index contributed by atoms with van der Waals surface area (Å²) in [5.41, 5.74) is 1.35. The van der Waals surface area contributed by atoms with Crippen LogP contribution in [-0.2, 0) is 29.2 Å². The van der Waals surface area contributed by atoms with Crippen LogP contribution < -0.4 is 4.74 Å². The summed E-state index contributed by atoms with van der Waals surface area (Å²) in [6.07, 6.45) is 2.90. The van der Waals surface area contributed by atoms with Crippen molar-refractivity contribution in [3.8, 4) is 5.75 Å². The number of halogens is 3. The van der Waals surface area contributed by atoms with Gasteiger partial charge in [-0.3, -0.25) is 14.7 Å². The molecule has 9 heteroatoms. The van der Waals surface area contributed by atoms with E-state index in [-0.39, 0.29) is 38.7 Å². The molecule has 0 aliphatic carbocycles. The van der Waals surface area contributed by atoms with Crippen molar-refractivity contribution in [2.75, 3.05) is 26.7 Å². The van der Waals surface area contributed by atoms with Crippen molar-refractivity contribution in [1.29, 1.82) is 0 Å². The first-order valence-corrected chi connectivity index (χ1v) is 11.2. The Morgan fingerprint density at radius 3 is 2.46 bits per heavy atom. The predicted octanol–water partition coefficient (Wildman–Crippen LogP) is 3.94. The number of hydrogen-bond donors (Lipinski definition) is 0. The summed E-state index contributed by atoms with van der Waals surface area (Å²) in [4.78, 5) is 20.5. The molecule has 0 radical (unpaired) electrons. The molecule has 0 bridgehead atoms. The van der Waals surface area contributed by atoms with Crippen molar-refractivity contribution >= 4 is 5.91 Å². The van der Waals surface area contributed by atoms with Gasteiger partial charge < -0.3 is 14.4 Å². The number of carbonyl (C=O) groups is 1. The molecule has 1 fully saturated rings. The van der Waals surface area contributed by atoms with Gasteiger partial charge in [-0.2, -0.15) is 0 Å². The number of ether oxygens (including phenoxy) is 2. The molecular formula is C26H26F3N3O3. The van der Waals surface area contributed by atoms with Crippen LogP contribution >= 0.6 is 0 Å². The average Bonchev–Trinajstić information content (AvgIpc) is 3.02. The molecule has 1 saturated heterocycles. The Bertz CT molecular complexity index is 1150. The minimum atomic E-state index is -1.25. The van der Waals surface area contributed by atoms with E-state index < -0.39 is 29.1 Å². The van der Waals surface area contributed by atoms with Gasteiger partial charge in [0.2, 0.25) is 5.91 Å². The Morgan fingerprint density at radius 2 is 1.74 bits per heavy atom. The Labute approximate surface area is 201 Å². The molecule has 0 N–H and O–H groups in total. The Balaban J connectivity index is 1.53. The van der Waals surface area contributed by atoms with E-state index in [0.717, 1.165) is 23.3 Å². The van der Waals surface area contributed by atoms with Crippen LogP contribution in [0.1, 0.15) is 16.7 Å². The van der Waals surface area contributed by atoms with E-state index in [0.29, 0.717) is 12.3 Å². The van der Waals surface area contributed by atoms with Crippen LogP contribution in [0.3, 0.4) is 0 Å². The molecule has 1 amide bonds. The van der Waals surface area contributed by atoms with E-state index in [1.807, 2.05) is 30.3 Å². The number of benzene rings is 2. The lowest BCUT2D eigenvalue weighted by Gasteiger charge is -2.25. The molecule has 1 atom stereocenters. The number of amides is 1. The fourth-order valence-corrected chi connectivity index (χ4v) is 4.01. The fourth-order valence-electron chi connectivity index (χ4n) is 4.01. The van der Waals surface area contributed by atoms with Gasteiger partial charge in [0.1, 0.15) is 11.6 Å². The molecule has 184 valence electrons. The molecule has 4 rings (SSSR count). The number of nitrogens with zero attached hydrogens (tertiary/aromatic N) is 3. The molecule has 3 aromatic rings. The highest BCUT2D eigenvalue weighted by atomic mass is 19.2. The van der Waals surface area contributed by atoms with Crippen molar-refractivity contribution in [2.45, 2.75) is 25.8 Å². The first-order valence-electron chi connectivity index (χ1n) is 11.2. The second-order valence-corrected chi connectivity index (χ2v) is 8.41. The van der Waals surface area contributed by atoms with Crippen LogP contribution in [0.4, 0.5) is 13.2 Å². The Morgan fingerprint density at radius 1 is 0.971 bits per heavy atom. The lowest BCUT2D eigenvalue weighted by Crippen LogP contribution is -2.37. The Hall–Kier alpha value is -3.43. The highest BCUT2D eigenvalue weighted by molar-refractivity contribution is 5.78. The monoisotopic (exact) mass is 485 g/mol. The zero-order chi connectivity index (χ0) is 24.8. The zero-order valence-corrected chi connectivity index (χ0v) is 19.3. The van der Waals surface area contributed by atoms with E-state index in [1.165, 1.54) is 0 Å². The second-order valence-electron chi connectivity index (χ2n) is 8.41. The molecule has 6 nitrogen and oxygen atoms in total. The molecule has 1 aromatic heterocycles. The van der Waals surface area contributed by atoms with Gasteiger partial charge in [-0.1, -0.05) is 18.2 Å². The molecular weight excluding hydrogens is 459 g/mol. The summed E-state index contributed by atoms with van der Waals surface area (Å²) in [7, 11) is 1.58. The third-order valence-electron chi connectivity index (χ3n) is 5.86. The molecule has 0 saturated carbocycles. The predicted molar refractivity (Wildman–Crippen MR) is 123 cm³/mol. The minimum Gasteiger partial charge on any atom is -0.497 e. The third-order valence-corrected chi connectivity index (χ3v) is 5.86. The lowest BCUT2D eigenvalue weighted by molar-refractivity contribution is -0.132. The van der Waals surface area contributed by atoms with Crippen LogP contribution in [0.25, 0.3) is 0 Å². The van der Waals surface area contributed by atoms with Gasteiger partial charge in [0.25, 0.3) is 0 Å². The largest absolute Gasteiger partial charge is 0.497 e. The minimum absolute atomic E-state index is 0.0850. The summed E-state index contributed by atoms with van der Waals surface area (Å²) in [6, 6.07) is 12.7. The molecule has 2 aromatic carbocycles. The number of aromatic nitrogens is 1. The van der Waals surface area contributed by atoms with Gasteiger partial charge in [-0.25, -0.2) is 13.2 Å². The van der Waals surface area contributed by atoms with Crippen LogP contribution in [0.15, 0.2) is 60.9 Å². The zero-order valence-electron chi connectivity index (χ0n) is 19.3. The number of rotatable bonds is 8. The van der Waals surface area contributed by atoms with Gasteiger partial charge in [-0.15, -0.1) is 0 Å². The van der Waals surface area contributed by atoms with Crippen LogP contribution in [0.2, 0.25) is 0 Å². The molecule has 1 aliphatic rings. The topological polar surface area (TPSA) is 54.9 Å². The van der Waals surface area contributed by atoms with E-state index in [4.69, 9.17) is 9.47 Å². The maximum Gasteiger partial charge on any atom is 0.237 e.